The van der Waals surface area contributed by atoms with Crippen molar-refractivity contribution in [2.75, 3.05) is 13.7 Å². The number of esters is 1. The second kappa shape index (κ2) is 6.12. The van der Waals surface area contributed by atoms with E-state index in [-0.39, 0.29) is 5.97 Å². The van der Waals surface area contributed by atoms with Crippen molar-refractivity contribution in [3.8, 4) is 0 Å². The minimum atomic E-state index is -0.288. The van der Waals surface area contributed by atoms with Crippen molar-refractivity contribution in [3.05, 3.63) is 28.8 Å². The fourth-order valence-electron chi connectivity index (χ4n) is 1.90. The van der Waals surface area contributed by atoms with E-state index in [1.54, 1.807) is 6.20 Å². The van der Waals surface area contributed by atoms with Crippen LogP contribution >= 0.6 is 11.3 Å². The van der Waals surface area contributed by atoms with Gasteiger partial charge in [-0.15, -0.1) is 11.3 Å². The molecule has 0 atom stereocenters. The summed E-state index contributed by atoms with van der Waals surface area (Å²) in [6.45, 7) is 5.88. The van der Waals surface area contributed by atoms with Crippen LogP contribution in [-0.4, -0.2) is 24.6 Å². The number of aromatic nitrogens is 1. The Bertz CT molecular complexity index is 578. The first-order valence-corrected chi connectivity index (χ1v) is 7.10. The highest BCUT2D eigenvalue weighted by Crippen LogP contribution is 2.30. The maximum atomic E-state index is 11.8. The monoisotopic (exact) mass is 278 g/mol. The van der Waals surface area contributed by atoms with Crippen molar-refractivity contribution in [1.82, 2.24) is 10.3 Å². The summed E-state index contributed by atoms with van der Waals surface area (Å²) >= 11 is 1.39. The van der Waals surface area contributed by atoms with Crippen LogP contribution in [0, 0.1) is 5.92 Å². The Labute approximate surface area is 116 Å². The molecule has 0 radical (unpaired) electrons. The van der Waals surface area contributed by atoms with Crippen LogP contribution in [-0.2, 0) is 11.3 Å². The lowest BCUT2D eigenvalue weighted by atomic mass is 10.1. The van der Waals surface area contributed by atoms with E-state index in [0.717, 1.165) is 22.3 Å². The highest BCUT2D eigenvalue weighted by molar-refractivity contribution is 7.20. The van der Waals surface area contributed by atoms with Gasteiger partial charge in [0.15, 0.2) is 0 Å². The molecule has 5 heteroatoms. The molecule has 2 rings (SSSR count). The van der Waals surface area contributed by atoms with Gasteiger partial charge in [0, 0.05) is 23.7 Å². The van der Waals surface area contributed by atoms with Gasteiger partial charge in [-0.25, -0.2) is 9.78 Å². The second-order valence-electron chi connectivity index (χ2n) is 4.78. The summed E-state index contributed by atoms with van der Waals surface area (Å²) in [7, 11) is 1.41. The van der Waals surface area contributed by atoms with Gasteiger partial charge in [0.05, 0.1) is 7.11 Å². The third-order valence-corrected chi connectivity index (χ3v) is 3.93. The zero-order chi connectivity index (χ0) is 13.8. The van der Waals surface area contributed by atoms with Gasteiger partial charge < -0.3 is 10.1 Å². The molecule has 0 aromatic carbocycles. The molecule has 0 spiro atoms. The van der Waals surface area contributed by atoms with E-state index >= 15 is 0 Å². The molecule has 0 amide bonds. The van der Waals surface area contributed by atoms with Crippen LogP contribution in [0.2, 0.25) is 0 Å². The van der Waals surface area contributed by atoms with Gasteiger partial charge in [-0.3, -0.25) is 0 Å². The van der Waals surface area contributed by atoms with Crippen LogP contribution < -0.4 is 5.32 Å². The van der Waals surface area contributed by atoms with Crippen LogP contribution in [0.15, 0.2) is 18.3 Å². The average Bonchev–Trinajstić information content (AvgIpc) is 2.77. The summed E-state index contributed by atoms with van der Waals surface area (Å²) < 4.78 is 4.85. The fourth-order valence-corrected chi connectivity index (χ4v) is 2.98. The Hall–Kier alpha value is -1.46. The number of hydrogen-bond donors (Lipinski definition) is 1. The number of methoxy groups -OCH3 is 1. The van der Waals surface area contributed by atoms with E-state index in [2.05, 4.69) is 24.1 Å². The topological polar surface area (TPSA) is 51.2 Å². The predicted molar refractivity (Wildman–Crippen MR) is 77.5 cm³/mol. The number of hydrogen-bond acceptors (Lipinski definition) is 5. The highest BCUT2D eigenvalue weighted by atomic mass is 32.1. The smallest absolute Gasteiger partial charge is 0.348 e. The summed E-state index contributed by atoms with van der Waals surface area (Å²) in [6.07, 6.45) is 1.74. The zero-order valence-corrected chi connectivity index (χ0v) is 12.2. The molecular formula is C14H18N2O2S. The first-order valence-electron chi connectivity index (χ1n) is 6.29. The number of carbonyl (C=O) groups excluding carboxylic acids is 1. The molecule has 0 aliphatic heterocycles. The molecule has 102 valence electrons. The van der Waals surface area contributed by atoms with Crippen LogP contribution in [0.4, 0.5) is 0 Å². The number of fused-ring (bicyclic) bond motifs is 1. The number of pyridine rings is 1. The third kappa shape index (κ3) is 3.11. The molecule has 0 aliphatic carbocycles. The average molecular weight is 278 g/mol. The zero-order valence-electron chi connectivity index (χ0n) is 11.4. The van der Waals surface area contributed by atoms with Gasteiger partial charge in [-0.2, -0.15) is 0 Å². The SMILES string of the molecule is COC(=O)c1sc2ncccc2c1CNCC(C)C. The molecule has 0 fully saturated rings. The molecule has 2 aromatic rings. The summed E-state index contributed by atoms with van der Waals surface area (Å²) in [4.78, 5) is 17.7. The largest absolute Gasteiger partial charge is 0.465 e. The Kier molecular flexibility index (Phi) is 4.50. The molecular weight excluding hydrogens is 260 g/mol. The van der Waals surface area contributed by atoms with E-state index in [4.69, 9.17) is 4.74 Å². The maximum Gasteiger partial charge on any atom is 0.348 e. The molecule has 2 heterocycles. The van der Waals surface area contributed by atoms with E-state index in [9.17, 15) is 4.79 Å². The molecule has 0 saturated carbocycles. The summed E-state index contributed by atoms with van der Waals surface area (Å²) in [5.41, 5.74) is 0.987. The van der Waals surface area contributed by atoms with Gasteiger partial charge in [0.25, 0.3) is 0 Å². The van der Waals surface area contributed by atoms with Crippen molar-refractivity contribution in [1.29, 1.82) is 0 Å². The van der Waals surface area contributed by atoms with E-state index in [1.165, 1.54) is 18.4 Å². The normalized spacial score (nSPS) is 11.2. The van der Waals surface area contributed by atoms with Crippen LogP contribution in [0.25, 0.3) is 10.2 Å². The summed E-state index contributed by atoms with van der Waals surface area (Å²) in [5.74, 6) is 0.286. The summed E-state index contributed by atoms with van der Waals surface area (Å²) in [5, 5.41) is 4.40. The Morgan fingerprint density at radius 3 is 3.00 bits per heavy atom. The number of rotatable bonds is 5. The minimum absolute atomic E-state index is 0.288. The van der Waals surface area contributed by atoms with Gasteiger partial charge >= 0.3 is 5.97 Å². The Balaban J connectivity index is 2.34. The van der Waals surface area contributed by atoms with Crippen molar-refractivity contribution in [2.24, 2.45) is 5.92 Å². The highest BCUT2D eigenvalue weighted by Gasteiger charge is 2.19. The third-order valence-electron chi connectivity index (χ3n) is 2.79. The quantitative estimate of drug-likeness (QED) is 0.854. The molecule has 0 saturated heterocycles. The van der Waals surface area contributed by atoms with Crippen LogP contribution in [0.1, 0.15) is 29.1 Å². The first-order chi connectivity index (χ1) is 9.13. The second-order valence-corrected chi connectivity index (χ2v) is 5.78. The number of ether oxygens (including phenoxy) is 1. The maximum absolute atomic E-state index is 11.8. The molecule has 4 nitrogen and oxygen atoms in total. The van der Waals surface area contributed by atoms with Crippen molar-refractivity contribution in [2.45, 2.75) is 20.4 Å². The first kappa shape index (κ1) is 14.0. The molecule has 0 unspecified atom stereocenters. The van der Waals surface area contributed by atoms with E-state index < -0.39 is 0 Å². The van der Waals surface area contributed by atoms with Crippen LogP contribution in [0.3, 0.4) is 0 Å². The molecule has 1 N–H and O–H groups in total. The lowest BCUT2D eigenvalue weighted by molar-refractivity contribution is 0.0605. The van der Waals surface area contributed by atoms with E-state index in [1.807, 2.05) is 12.1 Å². The standard InChI is InChI=1S/C14H18N2O2S/c1-9(2)7-15-8-11-10-5-4-6-16-13(10)19-12(11)14(17)18-3/h4-6,9,15H,7-8H2,1-3H3. The Morgan fingerprint density at radius 2 is 2.32 bits per heavy atom. The lowest BCUT2D eigenvalue weighted by Gasteiger charge is -2.08. The number of nitrogens with one attached hydrogen (secondary N) is 1. The molecule has 2 aromatic heterocycles. The van der Waals surface area contributed by atoms with Gasteiger partial charge in [0.2, 0.25) is 0 Å². The van der Waals surface area contributed by atoms with Gasteiger partial charge in [0.1, 0.15) is 9.71 Å². The molecule has 0 bridgehead atoms. The Morgan fingerprint density at radius 1 is 1.53 bits per heavy atom. The van der Waals surface area contributed by atoms with Gasteiger partial charge in [-0.1, -0.05) is 19.9 Å². The predicted octanol–water partition coefficient (Wildman–Crippen LogP) is 2.83. The van der Waals surface area contributed by atoms with Gasteiger partial charge in [-0.05, 0) is 18.5 Å². The van der Waals surface area contributed by atoms with Crippen LogP contribution in [0.5, 0.6) is 0 Å². The minimum Gasteiger partial charge on any atom is -0.465 e. The van der Waals surface area contributed by atoms with E-state index in [0.29, 0.717) is 17.3 Å². The lowest BCUT2D eigenvalue weighted by Crippen LogP contribution is -2.20. The van der Waals surface area contributed by atoms with Crippen molar-refractivity contribution < 1.29 is 9.53 Å². The number of thiophene rings is 1. The fraction of sp³-hybridized carbons (Fsp3) is 0.429. The van der Waals surface area contributed by atoms with Crippen molar-refractivity contribution >= 4 is 27.5 Å². The number of carbonyl (C=O) groups is 1. The van der Waals surface area contributed by atoms with Crippen molar-refractivity contribution in [3.63, 3.8) is 0 Å². The molecule has 19 heavy (non-hydrogen) atoms. The number of nitrogens with zero attached hydrogens (tertiary/aromatic N) is 1. The summed E-state index contributed by atoms with van der Waals surface area (Å²) in [6, 6.07) is 3.89. The molecule has 0 aliphatic rings.